The molecule has 0 N–H and O–H groups in total. The molecule has 0 saturated carbocycles. The van der Waals surface area contributed by atoms with Crippen LogP contribution in [0.2, 0.25) is 0 Å². The second-order valence-corrected chi connectivity index (χ2v) is 6.98. The number of aliphatic imine (C=N–C) groups is 1. The van der Waals surface area contributed by atoms with Crippen molar-refractivity contribution in [2.45, 2.75) is 18.9 Å². The zero-order chi connectivity index (χ0) is 20.4. The zero-order valence-corrected chi connectivity index (χ0v) is 15.4. The molecule has 5 nitrogen and oxygen atoms in total. The number of likely N-dealkylation sites (tertiary alicyclic amines) is 1. The number of benzene rings is 1. The number of nitrogens with zero attached hydrogens (tertiary/aromatic N) is 3. The van der Waals surface area contributed by atoms with Gasteiger partial charge in [0, 0.05) is 30.9 Å². The maximum absolute atomic E-state index is 14.1. The minimum absolute atomic E-state index is 0.155. The first-order valence-corrected chi connectivity index (χ1v) is 9.28. The molecule has 0 spiro atoms. The number of halogens is 3. The quantitative estimate of drug-likeness (QED) is 0.730. The highest BCUT2D eigenvalue weighted by atomic mass is 19.1. The predicted octanol–water partition coefficient (Wildman–Crippen LogP) is 4.03. The van der Waals surface area contributed by atoms with Gasteiger partial charge in [-0.1, -0.05) is 6.07 Å². The SMILES string of the molecule is O=C(c1ccc(F)nc1)N1CCC[C@H](C2=NC(c3ccc(F)cc3F)C=CO2)C1. The number of pyridine rings is 1. The van der Waals surface area contributed by atoms with Gasteiger partial charge in [0.05, 0.1) is 17.7 Å². The highest BCUT2D eigenvalue weighted by Gasteiger charge is 2.30. The van der Waals surface area contributed by atoms with Gasteiger partial charge in [0.15, 0.2) is 5.90 Å². The van der Waals surface area contributed by atoms with Gasteiger partial charge in [-0.05, 0) is 37.1 Å². The second-order valence-electron chi connectivity index (χ2n) is 6.98. The van der Waals surface area contributed by atoms with Crippen molar-refractivity contribution in [3.63, 3.8) is 0 Å². The van der Waals surface area contributed by atoms with Crippen LogP contribution in [0.5, 0.6) is 0 Å². The van der Waals surface area contributed by atoms with Gasteiger partial charge in [-0.25, -0.2) is 18.8 Å². The fourth-order valence-electron chi connectivity index (χ4n) is 3.56. The van der Waals surface area contributed by atoms with E-state index in [4.69, 9.17) is 4.74 Å². The van der Waals surface area contributed by atoms with Crippen LogP contribution in [0.1, 0.15) is 34.8 Å². The lowest BCUT2D eigenvalue weighted by atomic mass is 9.96. The van der Waals surface area contributed by atoms with E-state index >= 15 is 0 Å². The van der Waals surface area contributed by atoms with Gasteiger partial charge in [0.25, 0.3) is 5.91 Å². The minimum atomic E-state index is -0.672. The third kappa shape index (κ3) is 4.16. The van der Waals surface area contributed by atoms with Crippen LogP contribution in [0, 0.1) is 23.5 Å². The zero-order valence-electron chi connectivity index (χ0n) is 15.4. The first-order chi connectivity index (χ1) is 14.0. The highest BCUT2D eigenvalue weighted by Crippen LogP contribution is 2.29. The summed E-state index contributed by atoms with van der Waals surface area (Å²) < 4.78 is 45.9. The Morgan fingerprint density at radius 2 is 2.03 bits per heavy atom. The summed E-state index contributed by atoms with van der Waals surface area (Å²) in [5, 5.41) is 0. The second kappa shape index (κ2) is 8.06. The van der Waals surface area contributed by atoms with E-state index in [2.05, 4.69) is 9.98 Å². The van der Waals surface area contributed by atoms with Crippen molar-refractivity contribution in [2.75, 3.05) is 13.1 Å². The van der Waals surface area contributed by atoms with Crippen LogP contribution in [0.4, 0.5) is 13.2 Å². The Balaban J connectivity index is 1.51. The summed E-state index contributed by atoms with van der Waals surface area (Å²) in [6.07, 6.45) is 5.76. The molecule has 2 aliphatic heterocycles. The standard InChI is InChI=1S/C21H18F3N3O2/c22-15-4-5-16(17(23)10-15)18-7-9-29-20(26-18)14-2-1-8-27(12-14)21(28)13-3-6-19(24)25-11-13/h3-7,9-11,14,18H,1-2,8,12H2/t14-,18?/m0/s1. The van der Waals surface area contributed by atoms with Crippen molar-refractivity contribution in [3.05, 3.63) is 77.6 Å². The van der Waals surface area contributed by atoms with Crippen molar-refractivity contribution in [2.24, 2.45) is 10.9 Å². The normalized spacial score (nSPS) is 21.5. The molecule has 8 heteroatoms. The summed E-state index contributed by atoms with van der Waals surface area (Å²) >= 11 is 0. The molecule has 150 valence electrons. The van der Waals surface area contributed by atoms with Crippen LogP contribution >= 0.6 is 0 Å². The van der Waals surface area contributed by atoms with E-state index in [0.29, 0.717) is 24.6 Å². The average molecular weight is 401 g/mol. The maximum atomic E-state index is 14.1. The van der Waals surface area contributed by atoms with Gasteiger partial charge in [0.2, 0.25) is 5.95 Å². The number of hydrogen-bond donors (Lipinski definition) is 0. The van der Waals surface area contributed by atoms with E-state index in [9.17, 15) is 18.0 Å². The molecular formula is C21H18F3N3O2. The number of piperidine rings is 1. The van der Waals surface area contributed by atoms with E-state index < -0.39 is 23.6 Å². The van der Waals surface area contributed by atoms with Gasteiger partial charge in [-0.15, -0.1) is 0 Å². The molecule has 2 atom stereocenters. The summed E-state index contributed by atoms with van der Waals surface area (Å²) in [5.41, 5.74) is 0.564. The Morgan fingerprint density at radius 3 is 2.79 bits per heavy atom. The molecule has 0 radical (unpaired) electrons. The monoisotopic (exact) mass is 401 g/mol. The van der Waals surface area contributed by atoms with Crippen molar-refractivity contribution in [1.82, 2.24) is 9.88 Å². The number of hydrogen-bond acceptors (Lipinski definition) is 4. The summed E-state index contributed by atoms with van der Waals surface area (Å²) in [6.45, 7) is 0.938. The third-order valence-electron chi connectivity index (χ3n) is 5.03. The Hall–Kier alpha value is -3.16. The number of carbonyl (C=O) groups excluding carboxylic acids is 1. The Morgan fingerprint density at radius 1 is 1.17 bits per heavy atom. The van der Waals surface area contributed by atoms with Gasteiger partial charge in [-0.2, -0.15) is 4.39 Å². The van der Waals surface area contributed by atoms with Crippen LogP contribution in [-0.4, -0.2) is 34.8 Å². The molecular weight excluding hydrogens is 383 g/mol. The van der Waals surface area contributed by atoms with Gasteiger partial charge >= 0.3 is 0 Å². The fourth-order valence-corrected chi connectivity index (χ4v) is 3.56. The van der Waals surface area contributed by atoms with Gasteiger partial charge in [-0.3, -0.25) is 4.79 Å². The fraction of sp³-hybridized carbons (Fsp3) is 0.286. The van der Waals surface area contributed by atoms with Crippen LogP contribution < -0.4 is 0 Å². The number of ether oxygens (including phenoxy) is 1. The number of carbonyl (C=O) groups is 1. The lowest BCUT2D eigenvalue weighted by molar-refractivity contribution is 0.0695. The smallest absolute Gasteiger partial charge is 0.255 e. The van der Waals surface area contributed by atoms with Crippen molar-refractivity contribution in [1.29, 1.82) is 0 Å². The number of rotatable bonds is 3. The number of aromatic nitrogens is 1. The molecule has 0 aliphatic carbocycles. The molecule has 1 aromatic heterocycles. The summed E-state index contributed by atoms with van der Waals surface area (Å²) in [5.74, 6) is -1.95. The Bertz CT molecular complexity index is 976. The molecule has 29 heavy (non-hydrogen) atoms. The molecule has 2 aromatic rings. The van der Waals surface area contributed by atoms with Crippen LogP contribution in [-0.2, 0) is 4.74 Å². The van der Waals surface area contributed by atoms with Crippen LogP contribution in [0.3, 0.4) is 0 Å². The molecule has 1 amide bonds. The highest BCUT2D eigenvalue weighted by molar-refractivity contribution is 5.94. The molecule has 4 rings (SSSR count). The lowest BCUT2D eigenvalue weighted by Crippen LogP contribution is -2.43. The minimum Gasteiger partial charge on any atom is -0.451 e. The third-order valence-corrected chi connectivity index (χ3v) is 5.03. The molecule has 0 bridgehead atoms. The van der Waals surface area contributed by atoms with E-state index in [1.165, 1.54) is 30.7 Å². The molecule has 1 unspecified atom stereocenters. The number of amides is 1. The summed E-state index contributed by atoms with van der Waals surface area (Å²) in [6, 6.07) is 5.31. The van der Waals surface area contributed by atoms with E-state index in [1.807, 2.05) is 0 Å². The largest absolute Gasteiger partial charge is 0.451 e. The predicted molar refractivity (Wildman–Crippen MR) is 99.6 cm³/mol. The van der Waals surface area contributed by atoms with Gasteiger partial charge < -0.3 is 9.64 Å². The Labute approximate surface area is 165 Å². The maximum Gasteiger partial charge on any atom is 0.255 e. The summed E-state index contributed by atoms with van der Waals surface area (Å²) in [4.78, 5) is 22.4. The average Bonchev–Trinajstić information content (AvgIpc) is 2.74. The topological polar surface area (TPSA) is 54.8 Å². The Kier molecular flexibility index (Phi) is 5.33. The molecule has 1 saturated heterocycles. The van der Waals surface area contributed by atoms with Crippen molar-refractivity contribution < 1.29 is 22.7 Å². The van der Waals surface area contributed by atoms with E-state index in [0.717, 1.165) is 25.0 Å². The van der Waals surface area contributed by atoms with Crippen molar-refractivity contribution >= 4 is 11.8 Å². The molecule has 1 fully saturated rings. The molecule has 1 aromatic carbocycles. The summed E-state index contributed by atoms with van der Waals surface area (Å²) in [7, 11) is 0. The molecule has 3 heterocycles. The first kappa shape index (κ1) is 19.2. The van der Waals surface area contributed by atoms with Gasteiger partial charge in [0.1, 0.15) is 17.7 Å². The van der Waals surface area contributed by atoms with Crippen molar-refractivity contribution in [3.8, 4) is 0 Å². The van der Waals surface area contributed by atoms with Crippen LogP contribution in [0.15, 0.2) is 53.9 Å². The van der Waals surface area contributed by atoms with Crippen LogP contribution in [0.25, 0.3) is 0 Å². The lowest BCUT2D eigenvalue weighted by Gasteiger charge is -2.33. The van der Waals surface area contributed by atoms with E-state index in [1.54, 1.807) is 11.0 Å². The van der Waals surface area contributed by atoms with E-state index in [-0.39, 0.29) is 17.4 Å². The first-order valence-electron chi connectivity index (χ1n) is 9.28. The molecule has 2 aliphatic rings.